The molecule has 174 valence electrons. The van der Waals surface area contributed by atoms with Gasteiger partial charge in [-0.3, -0.25) is 14.7 Å². The molecule has 0 atom stereocenters. The highest BCUT2D eigenvalue weighted by molar-refractivity contribution is 7.99. The summed E-state index contributed by atoms with van der Waals surface area (Å²) in [5, 5.41) is 22.3. The number of rotatable bonds is 10. The van der Waals surface area contributed by atoms with Crippen LogP contribution in [0.25, 0.3) is 11.4 Å². The number of hydrogen-bond acceptors (Lipinski definition) is 8. The van der Waals surface area contributed by atoms with E-state index in [0.717, 1.165) is 35.0 Å². The second-order valence-corrected chi connectivity index (χ2v) is 9.73. The average molecular weight is 485 g/mol. The normalized spacial score (nSPS) is 14.2. The van der Waals surface area contributed by atoms with Crippen LogP contribution >= 0.6 is 23.1 Å². The van der Waals surface area contributed by atoms with Crippen LogP contribution in [-0.2, 0) is 11.3 Å². The summed E-state index contributed by atoms with van der Waals surface area (Å²) in [5.74, 6) is 2.08. The van der Waals surface area contributed by atoms with Gasteiger partial charge >= 0.3 is 0 Å². The average Bonchev–Trinajstić information content (AvgIpc) is 3.47. The second-order valence-electron chi connectivity index (χ2n) is 7.78. The number of benzene rings is 1. The topological polar surface area (TPSA) is 94.8 Å². The van der Waals surface area contributed by atoms with Crippen molar-refractivity contribution < 1.29 is 9.53 Å². The van der Waals surface area contributed by atoms with Crippen molar-refractivity contribution in [1.29, 1.82) is 0 Å². The van der Waals surface area contributed by atoms with Crippen molar-refractivity contribution >= 4 is 34.1 Å². The molecule has 1 aromatic carbocycles. The smallest absolute Gasteiger partial charge is 0.236 e. The van der Waals surface area contributed by atoms with Crippen LogP contribution in [0.4, 0.5) is 5.13 Å². The third kappa shape index (κ3) is 6.00. The Bertz CT molecular complexity index is 1070. The number of ether oxygens (including phenoxy) is 1. The Labute approximate surface area is 201 Å². The van der Waals surface area contributed by atoms with Crippen LogP contribution in [0.1, 0.15) is 50.0 Å². The minimum absolute atomic E-state index is 0.137. The van der Waals surface area contributed by atoms with E-state index in [-0.39, 0.29) is 11.7 Å². The van der Waals surface area contributed by atoms with Gasteiger partial charge in [0.25, 0.3) is 0 Å². The quantitative estimate of drug-likeness (QED) is 0.314. The molecule has 0 unspecified atom stereocenters. The Morgan fingerprint density at radius 2 is 2.00 bits per heavy atom. The largest absolute Gasteiger partial charge is 0.494 e. The molecule has 10 heteroatoms. The number of thioether (sulfide) groups is 1. The maximum atomic E-state index is 12.5. The zero-order valence-corrected chi connectivity index (χ0v) is 20.3. The van der Waals surface area contributed by atoms with Gasteiger partial charge in [-0.1, -0.05) is 48.4 Å². The van der Waals surface area contributed by atoms with Crippen LogP contribution in [0.3, 0.4) is 0 Å². The van der Waals surface area contributed by atoms with Crippen molar-refractivity contribution in [2.75, 3.05) is 17.7 Å². The van der Waals surface area contributed by atoms with Gasteiger partial charge in [0.05, 0.1) is 12.4 Å². The number of nitrogens with one attached hydrogen (secondary N) is 1. The van der Waals surface area contributed by atoms with Crippen LogP contribution in [0.2, 0.25) is 0 Å². The van der Waals surface area contributed by atoms with Gasteiger partial charge in [-0.15, -0.1) is 27.0 Å². The first-order valence-corrected chi connectivity index (χ1v) is 13.0. The zero-order valence-electron chi connectivity index (χ0n) is 18.7. The first-order valence-electron chi connectivity index (χ1n) is 11.2. The van der Waals surface area contributed by atoms with Gasteiger partial charge < -0.3 is 4.74 Å². The lowest BCUT2D eigenvalue weighted by molar-refractivity contribution is -0.113. The Morgan fingerprint density at radius 1 is 1.21 bits per heavy atom. The second kappa shape index (κ2) is 11.4. The highest BCUT2D eigenvalue weighted by atomic mass is 32.2. The SMILES string of the molecule is C=CCn1c(SCC(=O)Nc2nnc(C3CCCCC3)s2)nnc1-c1ccc(OCC)cc1. The Kier molecular flexibility index (Phi) is 8.11. The monoisotopic (exact) mass is 484 g/mol. The van der Waals surface area contributed by atoms with Crippen molar-refractivity contribution in [2.45, 2.75) is 56.6 Å². The van der Waals surface area contributed by atoms with Crippen molar-refractivity contribution in [3.05, 3.63) is 41.9 Å². The highest BCUT2D eigenvalue weighted by Gasteiger charge is 2.21. The molecular weight excluding hydrogens is 456 g/mol. The van der Waals surface area contributed by atoms with Gasteiger partial charge in [-0.25, -0.2) is 0 Å². The summed E-state index contributed by atoms with van der Waals surface area (Å²) in [6, 6.07) is 7.73. The van der Waals surface area contributed by atoms with Gasteiger partial charge in [0.1, 0.15) is 10.8 Å². The molecule has 0 saturated heterocycles. The lowest BCUT2D eigenvalue weighted by Crippen LogP contribution is -2.14. The zero-order chi connectivity index (χ0) is 23.0. The molecule has 1 aliphatic carbocycles. The molecule has 1 aliphatic rings. The van der Waals surface area contributed by atoms with E-state index >= 15 is 0 Å². The third-order valence-corrected chi connectivity index (χ3v) is 7.39. The van der Waals surface area contributed by atoms with E-state index in [0.29, 0.717) is 29.4 Å². The van der Waals surface area contributed by atoms with Crippen LogP contribution in [0, 0.1) is 0 Å². The molecule has 8 nitrogen and oxygen atoms in total. The lowest BCUT2D eigenvalue weighted by Gasteiger charge is -2.18. The summed E-state index contributed by atoms with van der Waals surface area (Å²) in [6.45, 7) is 6.96. The molecule has 0 spiro atoms. The fourth-order valence-corrected chi connectivity index (χ4v) is 5.53. The van der Waals surface area contributed by atoms with E-state index in [9.17, 15) is 4.79 Å². The van der Waals surface area contributed by atoms with Crippen LogP contribution in [-0.4, -0.2) is 43.2 Å². The van der Waals surface area contributed by atoms with E-state index in [1.807, 2.05) is 35.8 Å². The van der Waals surface area contributed by atoms with E-state index in [4.69, 9.17) is 4.74 Å². The number of carbonyl (C=O) groups excluding carboxylic acids is 1. The molecule has 1 saturated carbocycles. The molecule has 33 heavy (non-hydrogen) atoms. The molecule has 1 N–H and O–H groups in total. The highest BCUT2D eigenvalue weighted by Crippen LogP contribution is 2.35. The number of amides is 1. The van der Waals surface area contributed by atoms with Gasteiger partial charge in [-0.2, -0.15) is 0 Å². The molecule has 2 heterocycles. The standard InChI is InChI=1S/C23H28N6O2S2/c1-3-14-29-20(16-10-12-18(13-11-16)31-4-2)25-28-23(29)32-15-19(30)24-22-27-26-21(33-22)17-8-6-5-7-9-17/h3,10-13,17H,1,4-9,14-15H2,2H3,(H,24,27,30). The predicted molar refractivity (Wildman–Crippen MR) is 132 cm³/mol. The Balaban J connectivity index is 1.38. The number of anilines is 1. The summed E-state index contributed by atoms with van der Waals surface area (Å²) in [4.78, 5) is 12.5. The number of nitrogens with zero attached hydrogens (tertiary/aromatic N) is 5. The summed E-state index contributed by atoms with van der Waals surface area (Å²) >= 11 is 2.82. The molecule has 1 amide bonds. The van der Waals surface area contributed by atoms with Crippen LogP contribution in [0.5, 0.6) is 5.75 Å². The Hall–Kier alpha value is -2.72. The fraction of sp³-hybridized carbons (Fsp3) is 0.435. The molecule has 3 aromatic rings. The molecule has 0 radical (unpaired) electrons. The van der Waals surface area contributed by atoms with Crippen molar-refractivity contribution in [3.63, 3.8) is 0 Å². The van der Waals surface area contributed by atoms with Gasteiger partial charge in [0.15, 0.2) is 11.0 Å². The predicted octanol–water partition coefficient (Wildman–Crippen LogP) is 5.16. The van der Waals surface area contributed by atoms with Gasteiger partial charge in [0, 0.05) is 18.0 Å². The first-order chi connectivity index (χ1) is 16.2. The molecular formula is C23H28N6O2S2. The van der Waals surface area contributed by atoms with Gasteiger partial charge in [0.2, 0.25) is 11.0 Å². The Morgan fingerprint density at radius 3 is 2.73 bits per heavy atom. The summed E-state index contributed by atoms with van der Waals surface area (Å²) in [6.07, 6.45) is 7.90. The van der Waals surface area contributed by atoms with Gasteiger partial charge in [-0.05, 0) is 44.0 Å². The number of aromatic nitrogens is 5. The number of carbonyl (C=O) groups is 1. The first kappa shape index (κ1) is 23.4. The maximum Gasteiger partial charge on any atom is 0.236 e. The molecule has 0 bridgehead atoms. The number of hydrogen-bond donors (Lipinski definition) is 1. The van der Waals surface area contributed by atoms with E-state index < -0.39 is 0 Å². The van der Waals surface area contributed by atoms with Crippen molar-refractivity contribution in [1.82, 2.24) is 25.0 Å². The van der Waals surface area contributed by atoms with E-state index in [1.54, 1.807) is 6.08 Å². The summed E-state index contributed by atoms with van der Waals surface area (Å²) in [5.41, 5.74) is 0.924. The lowest BCUT2D eigenvalue weighted by atomic mass is 9.90. The molecule has 1 fully saturated rings. The fourth-order valence-electron chi connectivity index (χ4n) is 3.85. The maximum absolute atomic E-state index is 12.5. The molecule has 4 rings (SSSR count). The summed E-state index contributed by atoms with van der Waals surface area (Å²) in [7, 11) is 0. The minimum atomic E-state index is -0.137. The van der Waals surface area contributed by atoms with Crippen molar-refractivity contribution in [3.8, 4) is 17.1 Å². The van der Waals surface area contributed by atoms with E-state index in [1.165, 1.54) is 42.4 Å². The molecule has 0 aliphatic heterocycles. The molecule has 2 aromatic heterocycles. The van der Waals surface area contributed by atoms with Crippen LogP contribution in [0.15, 0.2) is 42.1 Å². The van der Waals surface area contributed by atoms with E-state index in [2.05, 4.69) is 32.3 Å². The number of allylic oxidation sites excluding steroid dienone is 1. The van der Waals surface area contributed by atoms with Crippen molar-refractivity contribution in [2.24, 2.45) is 0 Å². The summed E-state index contributed by atoms with van der Waals surface area (Å²) < 4.78 is 7.46. The minimum Gasteiger partial charge on any atom is -0.494 e. The third-order valence-electron chi connectivity index (χ3n) is 5.43. The van der Waals surface area contributed by atoms with Crippen LogP contribution < -0.4 is 10.1 Å².